The molecule has 0 unspecified atom stereocenters. The van der Waals surface area contributed by atoms with E-state index in [1.165, 1.54) is 12.1 Å². The molecule has 1 N–H and O–H groups in total. The van der Waals surface area contributed by atoms with Crippen molar-refractivity contribution in [3.63, 3.8) is 0 Å². The van der Waals surface area contributed by atoms with Crippen LogP contribution in [0, 0.1) is 12.7 Å². The van der Waals surface area contributed by atoms with Crippen LogP contribution in [0.4, 0.5) is 10.3 Å². The molecule has 98 valence electrons. The number of hydrogen-bond acceptors (Lipinski definition) is 3. The molecule has 0 aliphatic heterocycles. The number of aryl methyl sites for hydroxylation is 1. The summed E-state index contributed by atoms with van der Waals surface area (Å²) in [5.41, 5.74) is 0.442. The molecule has 1 amide bonds. The normalized spacial score (nSPS) is 10.3. The SMILES string of the molecule is Cc1cc(Cl)nc(NC(=O)c2ccc(Cl)cc2F)n1. The summed E-state index contributed by atoms with van der Waals surface area (Å²) in [6.45, 7) is 1.70. The van der Waals surface area contributed by atoms with Gasteiger partial charge in [-0.2, -0.15) is 0 Å². The highest BCUT2D eigenvalue weighted by Crippen LogP contribution is 2.16. The largest absolute Gasteiger partial charge is 0.290 e. The van der Waals surface area contributed by atoms with E-state index in [2.05, 4.69) is 15.3 Å². The van der Waals surface area contributed by atoms with Crippen molar-refractivity contribution in [3.05, 3.63) is 51.5 Å². The number of nitrogens with one attached hydrogen (secondary N) is 1. The predicted octanol–water partition coefficient (Wildman–Crippen LogP) is 3.48. The summed E-state index contributed by atoms with van der Waals surface area (Å²) in [5, 5.41) is 2.78. The van der Waals surface area contributed by atoms with Gasteiger partial charge in [0.1, 0.15) is 11.0 Å². The number of nitrogens with zero attached hydrogens (tertiary/aromatic N) is 2. The fourth-order valence-corrected chi connectivity index (χ4v) is 1.83. The third kappa shape index (κ3) is 3.39. The average molecular weight is 300 g/mol. The highest BCUT2D eigenvalue weighted by Gasteiger charge is 2.13. The van der Waals surface area contributed by atoms with Gasteiger partial charge in [0.2, 0.25) is 5.95 Å². The maximum absolute atomic E-state index is 13.6. The van der Waals surface area contributed by atoms with Gasteiger partial charge in [-0.25, -0.2) is 14.4 Å². The molecule has 0 fully saturated rings. The van der Waals surface area contributed by atoms with Gasteiger partial charge in [0.05, 0.1) is 5.56 Å². The first-order valence-electron chi connectivity index (χ1n) is 5.23. The predicted molar refractivity (Wildman–Crippen MR) is 71.1 cm³/mol. The van der Waals surface area contributed by atoms with Crippen LogP contribution in [0.15, 0.2) is 24.3 Å². The standard InChI is InChI=1S/C12H8Cl2FN3O/c1-6-4-10(14)17-12(16-6)18-11(19)8-3-2-7(13)5-9(8)15/h2-5H,1H3,(H,16,17,18,19). The van der Waals surface area contributed by atoms with Crippen LogP contribution in [0.25, 0.3) is 0 Å². The molecule has 1 aromatic heterocycles. The number of aromatic nitrogens is 2. The van der Waals surface area contributed by atoms with Gasteiger partial charge in [0, 0.05) is 10.7 Å². The average Bonchev–Trinajstić information content (AvgIpc) is 2.26. The third-order valence-corrected chi connectivity index (χ3v) is 2.65. The minimum absolute atomic E-state index is 0.0179. The molecule has 1 heterocycles. The van der Waals surface area contributed by atoms with Gasteiger partial charge in [0.15, 0.2) is 0 Å². The van der Waals surface area contributed by atoms with Gasteiger partial charge in [-0.1, -0.05) is 23.2 Å². The first-order chi connectivity index (χ1) is 8.95. The van der Waals surface area contributed by atoms with Crippen LogP contribution in [0.3, 0.4) is 0 Å². The van der Waals surface area contributed by atoms with E-state index in [1.807, 2.05) is 0 Å². The number of hydrogen-bond donors (Lipinski definition) is 1. The van der Waals surface area contributed by atoms with Crippen LogP contribution in [-0.4, -0.2) is 15.9 Å². The third-order valence-electron chi connectivity index (χ3n) is 2.22. The first-order valence-corrected chi connectivity index (χ1v) is 5.99. The van der Waals surface area contributed by atoms with Crippen molar-refractivity contribution >= 4 is 35.1 Å². The van der Waals surface area contributed by atoms with Gasteiger partial charge in [-0.15, -0.1) is 0 Å². The van der Waals surface area contributed by atoms with Gasteiger partial charge in [-0.3, -0.25) is 10.1 Å². The molecule has 4 nitrogen and oxygen atoms in total. The van der Waals surface area contributed by atoms with E-state index in [9.17, 15) is 9.18 Å². The van der Waals surface area contributed by atoms with E-state index in [-0.39, 0.29) is 21.7 Å². The summed E-state index contributed by atoms with van der Waals surface area (Å²) in [6, 6.07) is 5.30. The van der Waals surface area contributed by atoms with E-state index in [1.54, 1.807) is 13.0 Å². The lowest BCUT2D eigenvalue weighted by atomic mass is 10.2. The molecule has 1 aromatic carbocycles. The van der Waals surface area contributed by atoms with E-state index in [0.29, 0.717) is 5.69 Å². The second kappa shape index (κ2) is 5.50. The summed E-state index contributed by atoms with van der Waals surface area (Å²) in [4.78, 5) is 19.6. The Morgan fingerprint density at radius 3 is 2.63 bits per heavy atom. The lowest BCUT2D eigenvalue weighted by Crippen LogP contribution is -2.16. The van der Waals surface area contributed by atoms with Crippen molar-refractivity contribution in [2.45, 2.75) is 6.92 Å². The molecule has 0 saturated carbocycles. The van der Waals surface area contributed by atoms with E-state index in [4.69, 9.17) is 23.2 Å². The summed E-state index contributed by atoms with van der Waals surface area (Å²) in [5.74, 6) is -1.37. The molecule has 0 saturated heterocycles. The Hall–Kier alpha value is -1.72. The molecule has 2 aromatic rings. The molecule has 19 heavy (non-hydrogen) atoms. The van der Waals surface area contributed by atoms with Crippen molar-refractivity contribution in [1.82, 2.24) is 9.97 Å². The summed E-state index contributed by atoms with van der Waals surface area (Å²) < 4.78 is 13.6. The Kier molecular flexibility index (Phi) is 3.97. The Balaban J connectivity index is 2.25. The second-order valence-corrected chi connectivity index (χ2v) is 4.56. The quantitative estimate of drug-likeness (QED) is 0.864. The van der Waals surface area contributed by atoms with Gasteiger partial charge >= 0.3 is 0 Å². The zero-order chi connectivity index (χ0) is 14.0. The van der Waals surface area contributed by atoms with Crippen LogP contribution in [0.5, 0.6) is 0 Å². The van der Waals surface area contributed by atoms with Crippen molar-refractivity contribution in [2.75, 3.05) is 5.32 Å². The van der Waals surface area contributed by atoms with Gasteiger partial charge in [0.25, 0.3) is 5.91 Å². The van der Waals surface area contributed by atoms with Crippen molar-refractivity contribution < 1.29 is 9.18 Å². The number of carbonyl (C=O) groups excluding carboxylic acids is 1. The Labute approximate surface area is 118 Å². The minimum Gasteiger partial charge on any atom is -0.290 e. The minimum atomic E-state index is -0.719. The smallest absolute Gasteiger partial charge is 0.260 e. The Morgan fingerprint density at radius 1 is 1.26 bits per heavy atom. The first kappa shape index (κ1) is 13.7. The molecule has 0 radical (unpaired) electrons. The molecule has 2 rings (SSSR count). The fourth-order valence-electron chi connectivity index (χ4n) is 1.43. The van der Waals surface area contributed by atoms with E-state index < -0.39 is 11.7 Å². The van der Waals surface area contributed by atoms with Crippen LogP contribution in [0.1, 0.15) is 16.1 Å². The number of amides is 1. The molecular formula is C12H8Cl2FN3O. The fraction of sp³-hybridized carbons (Fsp3) is 0.0833. The van der Waals surface area contributed by atoms with Crippen molar-refractivity contribution in [2.24, 2.45) is 0 Å². The highest BCUT2D eigenvalue weighted by molar-refractivity contribution is 6.30. The maximum Gasteiger partial charge on any atom is 0.260 e. The Morgan fingerprint density at radius 2 is 2.00 bits per heavy atom. The molecule has 0 bridgehead atoms. The summed E-state index contributed by atoms with van der Waals surface area (Å²) in [7, 11) is 0. The lowest BCUT2D eigenvalue weighted by molar-refractivity contribution is 0.102. The number of benzene rings is 1. The lowest BCUT2D eigenvalue weighted by Gasteiger charge is -2.06. The number of carbonyl (C=O) groups is 1. The topological polar surface area (TPSA) is 54.9 Å². The summed E-state index contributed by atoms with van der Waals surface area (Å²) >= 11 is 11.3. The van der Waals surface area contributed by atoms with Crippen LogP contribution in [0.2, 0.25) is 10.2 Å². The zero-order valence-electron chi connectivity index (χ0n) is 9.75. The Bertz CT molecular complexity index is 629. The van der Waals surface area contributed by atoms with Gasteiger partial charge in [-0.05, 0) is 31.2 Å². The number of anilines is 1. The monoisotopic (exact) mass is 299 g/mol. The van der Waals surface area contributed by atoms with Crippen LogP contribution < -0.4 is 5.32 Å². The molecule has 0 spiro atoms. The van der Waals surface area contributed by atoms with Gasteiger partial charge < -0.3 is 0 Å². The number of rotatable bonds is 2. The molecule has 0 aliphatic rings. The van der Waals surface area contributed by atoms with Crippen molar-refractivity contribution in [1.29, 1.82) is 0 Å². The summed E-state index contributed by atoms with van der Waals surface area (Å²) in [6.07, 6.45) is 0. The second-order valence-electron chi connectivity index (χ2n) is 3.73. The maximum atomic E-state index is 13.6. The van der Waals surface area contributed by atoms with Crippen molar-refractivity contribution in [3.8, 4) is 0 Å². The number of halogens is 3. The van der Waals surface area contributed by atoms with Crippen LogP contribution >= 0.6 is 23.2 Å². The van der Waals surface area contributed by atoms with E-state index >= 15 is 0 Å². The molecule has 7 heteroatoms. The zero-order valence-corrected chi connectivity index (χ0v) is 11.3. The molecule has 0 aliphatic carbocycles. The van der Waals surface area contributed by atoms with E-state index in [0.717, 1.165) is 6.07 Å². The van der Waals surface area contributed by atoms with Crippen LogP contribution in [-0.2, 0) is 0 Å². The molecular weight excluding hydrogens is 292 g/mol. The highest BCUT2D eigenvalue weighted by atomic mass is 35.5. The molecule has 0 atom stereocenters.